The number of rotatable bonds is 5. The van der Waals surface area contributed by atoms with Crippen LogP contribution in [0, 0.1) is 6.92 Å². The van der Waals surface area contributed by atoms with E-state index in [2.05, 4.69) is 10.1 Å². The Kier molecular flexibility index (Phi) is 6.22. The number of aromatic nitrogens is 2. The van der Waals surface area contributed by atoms with Crippen molar-refractivity contribution in [3.63, 3.8) is 0 Å². The Morgan fingerprint density at radius 3 is 2.24 bits per heavy atom. The monoisotopic (exact) mass is 480 g/mol. The zero-order valence-corrected chi connectivity index (χ0v) is 20.0. The number of amides is 1. The summed E-state index contributed by atoms with van der Waals surface area (Å²) in [4.78, 5) is 19.5. The molecule has 0 bridgehead atoms. The van der Waals surface area contributed by atoms with Crippen LogP contribution >= 0.6 is 0 Å². The number of nitrogens with zero attached hydrogens (tertiary/aromatic N) is 4. The van der Waals surface area contributed by atoms with Crippen molar-refractivity contribution in [1.82, 2.24) is 19.3 Å². The maximum Gasteiger partial charge on any atom is 0.253 e. The van der Waals surface area contributed by atoms with Crippen LogP contribution in [0.3, 0.4) is 0 Å². The van der Waals surface area contributed by atoms with Crippen molar-refractivity contribution in [2.75, 3.05) is 26.2 Å². The van der Waals surface area contributed by atoms with Crippen LogP contribution in [0.1, 0.15) is 53.4 Å². The molecule has 0 spiro atoms. The summed E-state index contributed by atoms with van der Waals surface area (Å²) in [5.74, 6) is 1.15. The smallest absolute Gasteiger partial charge is 0.253 e. The second-order valence-corrected chi connectivity index (χ2v) is 11.0. The first kappa shape index (κ1) is 22.7. The van der Waals surface area contributed by atoms with Gasteiger partial charge in [0, 0.05) is 43.2 Å². The topological polar surface area (TPSA) is 96.6 Å². The number of likely N-dealkylation sites (tertiary alicyclic amines) is 1. The Balaban J connectivity index is 1.22. The lowest BCUT2D eigenvalue weighted by Crippen LogP contribution is -2.38. The number of hydrogen-bond acceptors (Lipinski definition) is 6. The number of sulfonamides is 1. The van der Waals surface area contributed by atoms with Crippen molar-refractivity contribution >= 4 is 15.9 Å². The second kappa shape index (κ2) is 9.31. The molecule has 2 aromatic carbocycles. The molecule has 34 heavy (non-hydrogen) atoms. The highest BCUT2D eigenvalue weighted by Crippen LogP contribution is 2.30. The Morgan fingerprint density at radius 1 is 0.941 bits per heavy atom. The van der Waals surface area contributed by atoms with Crippen molar-refractivity contribution < 1.29 is 17.7 Å². The minimum Gasteiger partial charge on any atom is -0.339 e. The molecule has 5 rings (SSSR count). The first-order valence-corrected chi connectivity index (χ1v) is 13.2. The predicted molar refractivity (Wildman–Crippen MR) is 127 cm³/mol. The fourth-order valence-corrected chi connectivity index (χ4v) is 6.10. The SMILES string of the molecule is Cc1ccc(C(=O)N2CCC(c3nc(-c4ccc(S(=O)(=O)N5CCCC5)cc4)no3)CC2)cc1. The van der Waals surface area contributed by atoms with Gasteiger partial charge in [0.2, 0.25) is 21.7 Å². The average Bonchev–Trinajstić information content (AvgIpc) is 3.58. The lowest BCUT2D eigenvalue weighted by atomic mass is 9.96. The lowest BCUT2D eigenvalue weighted by molar-refractivity contribution is 0.0704. The molecule has 3 aromatic rings. The normalized spacial score (nSPS) is 17.9. The average molecular weight is 481 g/mol. The summed E-state index contributed by atoms with van der Waals surface area (Å²) >= 11 is 0. The first-order chi connectivity index (χ1) is 16.4. The lowest BCUT2D eigenvalue weighted by Gasteiger charge is -2.30. The van der Waals surface area contributed by atoms with Crippen molar-refractivity contribution in [2.24, 2.45) is 0 Å². The Labute approximate surface area is 199 Å². The fraction of sp³-hybridized carbons (Fsp3) is 0.400. The molecule has 2 saturated heterocycles. The summed E-state index contributed by atoms with van der Waals surface area (Å²) in [5, 5.41) is 4.11. The maximum absolute atomic E-state index is 12.8. The van der Waals surface area contributed by atoms with E-state index in [4.69, 9.17) is 4.52 Å². The van der Waals surface area contributed by atoms with Gasteiger partial charge in [-0.1, -0.05) is 22.9 Å². The molecular weight excluding hydrogens is 452 g/mol. The number of carbonyl (C=O) groups is 1. The highest BCUT2D eigenvalue weighted by molar-refractivity contribution is 7.89. The molecule has 0 saturated carbocycles. The molecule has 2 aliphatic rings. The molecule has 0 N–H and O–H groups in total. The van der Waals surface area contributed by atoms with Crippen LogP contribution in [0.5, 0.6) is 0 Å². The van der Waals surface area contributed by atoms with Gasteiger partial charge in [-0.25, -0.2) is 8.42 Å². The van der Waals surface area contributed by atoms with E-state index in [0.29, 0.717) is 49.0 Å². The number of piperidine rings is 1. The van der Waals surface area contributed by atoms with Crippen molar-refractivity contribution in [3.05, 3.63) is 65.5 Å². The van der Waals surface area contributed by atoms with Gasteiger partial charge in [0.1, 0.15) is 0 Å². The van der Waals surface area contributed by atoms with Gasteiger partial charge in [-0.2, -0.15) is 9.29 Å². The molecule has 0 unspecified atom stereocenters. The third-order valence-corrected chi connectivity index (χ3v) is 8.60. The summed E-state index contributed by atoms with van der Waals surface area (Å²) in [7, 11) is -3.45. The summed E-state index contributed by atoms with van der Waals surface area (Å²) in [6, 6.07) is 14.3. The summed E-state index contributed by atoms with van der Waals surface area (Å²) < 4.78 is 32.5. The maximum atomic E-state index is 12.8. The summed E-state index contributed by atoms with van der Waals surface area (Å²) in [6.07, 6.45) is 3.32. The zero-order valence-electron chi connectivity index (χ0n) is 19.2. The Bertz CT molecular complexity index is 1260. The number of carbonyl (C=O) groups excluding carboxylic acids is 1. The Hall–Kier alpha value is -3.04. The summed E-state index contributed by atoms with van der Waals surface area (Å²) in [6.45, 7) is 4.43. The van der Waals surface area contributed by atoms with Crippen LogP contribution in [-0.2, 0) is 10.0 Å². The van der Waals surface area contributed by atoms with Crippen LogP contribution in [-0.4, -0.2) is 59.8 Å². The van der Waals surface area contributed by atoms with Crippen LogP contribution < -0.4 is 0 Å². The van der Waals surface area contributed by atoms with Crippen molar-refractivity contribution in [3.8, 4) is 11.4 Å². The molecule has 178 valence electrons. The van der Waals surface area contributed by atoms with Crippen LogP contribution in [0.2, 0.25) is 0 Å². The Morgan fingerprint density at radius 2 is 1.59 bits per heavy atom. The zero-order chi connectivity index (χ0) is 23.7. The van der Waals surface area contributed by atoms with E-state index in [0.717, 1.165) is 31.2 Å². The van der Waals surface area contributed by atoms with Gasteiger partial charge in [-0.15, -0.1) is 0 Å². The number of aryl methyl sites for hydroxylation is 1. The molecule has 9 heteroatoms. The molecule has 2 aliphatic heterocycles. The van der Waals surface area contributed by atoms with E-state index in [1.807, 2.05) is 36.1 Å². The van der Waals surface area contributed by atoms with Gasteiger partial charge in [0.15, 0.2) is 0 Å². The first-order valence-electron chi connectivity index (χ1n) is 11.7. The molecule has 0 radical (unpaired) electrons. The van der Waals surface area contributed by atoms with E-state index in [1.165, 1.54) is 4.31 Å². The third-order valence-electron chi connectivity index (χ3n) is 6.69. The van der Waals surface area contributed by atoms with E-state index in [9.17, 15) is 13.2 Å². The highest BCUT2D eigenvalue weighted by atomic mass is 32.2. The quantitative estimate of drug-likeness (QED) is 0.550. The van der Waals surface area contributed by atoms with Crippen molar-refractivity contribution in [1.29, 1.82) is 0 Å². The third kappa shape index (κ3) is 4.50. The van der Waals surface area contributed by atoms with Gasteiger partial charge >= 0.3 is 0 Å². The van der Waals surface area contributed by atoms with E-state index < -0.39 is 10.0 Å². The molecular formula is C25H28N4O4S. The molecule has 2 fully saturated rings. The van der Waals surface area contributed by atoms with Crippen LogP contribution in [0.15, 0.2) is 57.9 Å². The van der Waals surface area contributed by atoms with Crippen molar-refractivity contribution in [2.45, 2.75) is 43.4 Å². The minimum absolute atomic E-state index is 0.0497. The number of benzene rings is 2. The van der Waals surface area contributed by atoms with Gasteiger partial charge in [-0.05, 0) is 69.0 Å². The fourth-order valence-electron chi connectivity index (χ4n) is 4.58. The molecule has 0 atom stereocenters. The van der Waals surface area contributed by atoms with Gasteiger partial charge in [0.05, 0.1) is 4.90 Å². The number of hydrogen-bond donors (Lipinski definition) is 0. The van der Waals surface area contributed by atoms with Gasteiger partial charge in [-0.3, -0.25) is 4.79 Å². The van der Waals surface area contributed by atoms with Gasteiger partial charge < -0.3 is 9.42 Å². The molecule has 8 nitrogen and oxygen atoms in total. The van der Waals surface area contributed by atoms with Crippen LogP contribution in [0.25, 0.3) is 11.4 Å². The predicted octanol–water partition coefficient (Wildman–Crippen LogP) is 3.85. The molecule has 0 aliphatic carbocycles. The van der Waals surface area contributed by atoms with Crippen LogP contribution in [0.4, 0.5) is 0 Å². The molecule has 1 aromatic heterocycles. The van der Waals surface area contributed by atoms with E-state index >= 15 is 0 Å². The molecule has 3 heterocycles. The second-order valence-electron chi connectivity index (χ2n) is 9.02. The molecule has 1 amide bonds. The van der Waals surface area contributed by atoms with Gasteiger partial charge in [0.25, 0.3) is 5.91 Å². The standard InChI is InChI=1S/C25H28N4O4S/c1-18-4-6-21(7-5-18)25(30)28-16-12-20(13-17-28)24-26-23(27-33-24)19-8-10-22(11-9-19)34(31,32)29-14-2-3-15-29/h4-11,20H,2-3,12-17H2,1H3. The highest BCUT2D eigenvalue weighted by Gasteiger charge is 2.29. The minimum atomic E-state index is -3.45. The largest absolute Gasteiger partial charge is 0.339 e. The van der Waals surface area contributed by atoms with E-state index in [1.54, 1.807) is 24.3 Å². The summed E-state index contributed by atoms with van der Waals surface area (Å²) in [5.41, 5.74) is 2.55. The van der Waals surface area contributed by atoms with E-state index in [-0.39, 0.29) is 16.7 Å².